The van der Waals surface area contributed by atoms with E-state index in [4.69, 9.17) is 11.6 Å². The maximum atomic E-state index is 6.17. The van der Waals surface area contributed by atoms with Crippen molar-refractivity contribution in [2.24, 2.45) is 0 Å². The fourth-order valence-electron chi connectivity index (χ4n) is 2.86. The number of nitrogens with one attached hydrogen (secondary N) is 1. The molecule has 0 aliphatic carbocycles. The number of nitrogens with zero attached hydrogens (tertiary/aromatic N) is 5. The Labute approximate surface area is 145 Å². The fraction of sp³-hybridized carbons (Fsp3) is 0.533. The molecule has 0 amide bonds. The quantitative estimate of drug-likeness (QED) is 0.854. The number of aryl methyl sites for hydroxylation is 1. The lowest BCUT2D eigenvalue weighted by molar-refractivity contribution is 0.282. The molecule has 0 unspecified atom stereocenters. The molecule has 0 bridgehead atoms. The molecular weight excluding hydrogens is 332 g/mol. The van der Waals surface area contributed by atoms with E-state index in [2.05, 4.69) is 42.4 Å². The van der Waals surface area contributed by atoms with E-state index in [0.29, 0.717) is 5.15 Å². The highest BCUT2D eigenvalue weighted by Crippen LogP contribution is 2.29. The average molecular weight is 353 g/mol. The molecule has 2 aromatic heterocycles. The van der Waals surface area contributed by atoms with Crippen molar-refractivity contribution in [3.05, 3.63) is 27.6 Å². The molecule has 23 heavy (non-hydrogen) atoms. The normalized spacial score (nSPS) is 16.4. The Balaban J connectivity index is 1.68. The van der Waals surface area contributed by atoms with Crippen LogP contribution < -0.4 is 10.2 Å². The van der Waals surface area contributed by atoms with Crippen LogP contribution in [0.4, 0.5) is 11.5 Å². The second-order valence-corrected chi connectivity index (χ2v) is 7.01. The highest BCUT2D eigenvalue weighted by Gasteiger charge is 2.20. The van der Waals surface area contributed by atoms with Crippen LogP contribution in [0.2, 0.25) is 5.15 Å². The molecule has 0 saturated carbocycles. The molecule has 8 heteroatoms. The van der Waals surface area contributed by atoms with E-state index in [-0.39, 0.29) is 0 Å². The molecule has 0 aromatic carbocycles. The van der Waals surface area contributed by atoms with Gasteiger partial charge in [0.2, 0.25) is 0 Å². The fourth-order valence-corrected chi connectivity index (χ4v) is 3.69. The molecule has 0 radical (unpaired) electrons. The van der Waals surface area contributed by atoms with Crippen molar-refractivity contribution in [1.29, 1.82) is 0 Å². The second kappa shape index (κ2) is 7.42. The number of rotatable bonds is 4. The minimum Gasteiger partial charge on any atom is -0.383 e. The number of halogens is 1. The van der Waals surface area contributed by atoms with Gasteiger partial charge in [0, 0.05) is 45.2 Å². The Morgan fingerprint density at radius 1 is 1.26 bits per heavy atom. The SMILES string of the molecule is CNc1c(Cl)ncnc1N1CCCN(Cc2csc(C)n2)CC1. The summed E-state index contributed by atoms with van der Waals surface area (Å²) in [7, 11) is 1.85. The first kappa shape index (κ1) is 16.4. The second-order valence-electron chi connectivity index (χ2n) is 5.59. The molecule has 124 valence electrons. The number of anilines is 2. The molecule has 0 atom stereocenters. The zero-order valence-corrected chi connectivity index (χ0v) is 15.0. The zero-order chi connectivity index (χ0) is 16.2. The zero-order valence-electron chi connectivity index (χ0n) is 13.4. The summed E-state index contributed by atoms with van der Waals surface area (Å²) in [6, 6.07) is 0. The Kier molecular flexibility index (Phi) is 5.30. The van der Waals surface area contributed by atoms with Crippen molar-refractivity contribution >= 4 is 34.4 Å². The summed E-state index contributed by atoms with van der Waals surface area (Å²) in [5.41, 5.74) is 1.97. The van der Waals surface area contributed by atoms with Crippen LogP contribution in [-0.4, -0.2) is 53.1 Å². The van der Waals surface area contributed by atoms with Gasteiger partial charge in [0.1, 0.15) is 12.0 Å². The highest BCUT2D eigenvalue weighted by atomic mass is 35.5. The first-order valence-corrected chi connectivity index (χ1v) is 8.99. The lowest BCUT2D eigenvalue weighted by atomic mass is 10.3. The van der Waals surface area contributed by atoms with E-state index in [1.54, 1.807) is 11.3 Å². The first-order chi connectivity index (χ1) is 11.2. The van der Waals surface area contributed by atoms with Crippen molar-refractivity contribution in [1.82, 2.24) is 19.9 Å². The smallest absolute Gasteiger partial charge is 0.157 e. The Morgan fingerprint density at radius 2 is 2.13 bits per heavy atom. The van der Waals surface area contributed by atoms with E-state index in [1.165, 1.54) is 12.0 Å². The molecule has 1 aliphatic rings. The van der Waals surface area contributed by atoms with E-state index >= 15 is 0 Å². The predicted molar refractivity (Wildman–Crippen MR) is 95.5 cm³/mol. The van der Waals surface area contributed by atoms with Gasteiger partial charge < -0.3 is 10.2 Å². The van der Waals surface area contributed by atoms with E-state index in [0.717, 1.165) is 55.7 Å². The average Bonchev–Trinajstić information content (AvgIpc) is 2.81. The van der Waals surface area contributed by atoms with Gasteiger partial charge in [-0.1, -0.05) is 11.6 Å². The van der Waals surface area contributed by atoms with Crippen molar-refractivity contribution in [3.8, 4) is 0 Å². The molecule has 3 heterocycles. The Bertz CT molecular complexity index is 661. The molecular formula is C15H21ClN6S. The van der Waals surface area contributed by atoms with Gasteiger partial charge in [0.15, 0.2) is 11.0 Å². The number of hydrogen-bond acceptors (Lipinski definition) is 7. The molecule has 1 N–H and O–H groups in total. The monoisotopic (exact) mass is 352 g/mol. The molecule has 0 spiro atoms. The highest BCUT2D eigenvalue weighted by molar-refractivity contribution is 7.09. The summed E-state index contributed by atoms with van der Waals surface area (Å²) in [5.74, 6) is 0.888. The third-order valence-electron chi connectivity index (χ3n) is 3.97. The number of aromatic nitrogens is 3. The van der Waals surface area contributed by atoms with Crippen LogP contribution in [-0.2, 0) is 6.54 Å². The van der Waals surface area contributed by atoms with Gasteiger partial charge in [0.05, 0.1) is 10.7 Å². The van der Waals surface area contributed by atoms with Gasteiger partial charge in [-0.05, 0) is 13.3 Å². The van der Waals surface area contributed by atoms with Gasteiger partial charge in [0.25, 0.3) is 0 Å². The third kappa shape index (κ3) is 3.91. The molecule has 3 rings (SSSR count). The third-order valence-corrected chi connectivity index (χ3v) is 5.08. The summed E-state index contributed by atoms with van der Waals surface area (Å²) in [4.78, 5) is 17.8. The van der Waals surface area contributed by atoms with Crippen LogP contribution in [0.5, 0.6) is 0 Å². The van der Waals surface area contributed by atoms with Crippen LogP contribution in [0.25, 0.3) is 0 Å². The van der Waals surface area contributed by atoms with Gasteiger partial charge in [-0.15, -0.1) is 11.3 Å². The number of hydrogen-bond donors (Lipinski definition) is 1. The largest absolute Gasteiger partial charge is 0.383 e. The summed E-state index contributed by atoms with van der Waals surface area (Å²) < 4.78 is 0. The van der Waals surface area contributed by atoms with Crippen molar-refractivity contribution in [2.45, 2.75) is 19.9 Å². The summed E-state index contributed by atoms with van der Waals surface area (Å²) in [5, 5.41) is 6.87. The van der Waals surface area contributed by atoms with E-state index in [9.17, 15) is 0 Å². The Morgan fingerprint density at radius 3 is 2.87 bits per heavy atom. The maximum absolute atomic E-state index is 6.17. The topological polar surface area (TPSA) is 57.2 Å². The summed E-state index contributed by atoms with van der Waals surface area (Å²) in [6.45, 7) is 6.92. The van der Waals surface area contributed by atoms with Crippen molar-refractivity contribution in [3.63, 3.8) is 0 Å². The standard InChI is InChI=1S/C15H21ClN6S/c1-11-20-12(9-23-11)8-21-4-3-5-22(7-6-21)15-13(17-2)14(16)18-10-19-15/h9-10,17H,3-8H2,1-2H3. The van der Waals surface area contributed by atoms with Gasteiger partial charge in [-0.2, -0.15) is 0 Å². The molecule has 2 aromatic rings. The molecule has 1 aliphatic heterocycles. The first-order valence-electron chi connectivity index (χ1n) is 7.74. The van der Waals surface area contributed by atoms with Gasteiger partial charge in [-0.25, -0.2) is 15.0 Å². The van der Waals surface area contributed by atoms with Crippen molar-refractivity contribution in [2.75, 3.05) is 43.4 Å². The van der Waals surface area contributed by atoms with Gasteiger partial charge in [-0.3, -0.25) is 4.90 Å². The molecule has 1 fully saturated rings. The predicted octanol–water partition coefficient (Wildman–Crippen LogP) is 2.65. The Hall–Kier alpha value is -1.44. The van der Waals surface area contributed by atoms with E-state index < -0.39 is 0 Å². The van der Waals surface area contributed by atoms with E-state index in [1.807, 2.05) is 7.05 Å². The maximum Gasteiger partial charge on any atom is 0.157 e. The van der Waals surface area contributed by atoms with Crippen LogP contribution in [0.15, 0.2) is 11.7 Å². The van der Waals surface area contributed by atoms with Crippen LogP contribution >= 0.6 is 22.9 Å². The molecule has 1 saturated heterocycles. The van der Waals surface area contributed by atoms with Crippen molar-refractivity contribution < 1.29 is 0 Å². The van der Waals surface area contributed by atoms with Crippen LogP contribution in [0.1, 0.15) is 17.1 Å². The van der Waals surface area contributed by atoms with Crippen LogP contribution in [0.3, 0.4) is 0 Å². The van der Waals surface area contributed by atoms with Crippen LogP contribution in [0, 0.1) is 6.92 Å². The van der Waals surface area contributed by atoms with Gasteiger partial charge >= 0.3 is 0 Å². The lowest BCUT2D eigenvalue weighted by Gasteiger charge is -2.24. The minimum absolute atomic E-state index is 0.469. The molecule has 6 nitrogen and oxygen atoms in total. The summed E-state index contributed by atoms with van der Waals surface area (Å²) in [6.07, 6.45) is 2.62. The summed E-state index contributed by atoms with van der Waals surface area (Å²) >= 11 is 7.88. The lowest BCUT2D eigenvalue weighted by Crippen LogP contribution is -2.31. The minimum atomic E-state index is 0.469. The number of thiazole rings is 1.